The van der Waals surface area contributed by atoms with Gasteiger partial charge in [-0.3, -0.25) is 4.90 Å². The van der Waals surface area contributed by atoms with Crippen LogP contribution in [0.1, 0.15) is 17.2 Å². The van der Waals surface area contributed by atoms with Gasteiger partial charge in [-0.25, -0.2) is 0 Å². The molecule has 0 amide bonds. The molecule has 0 bridgehead atoms. The summed E-state index contributed by atoms with van der Waals surface area (Å²) in [6, 6.07) is 26.1. The van der Waals surface area contributed by atoms with E-state index in [1.165, 1.54) is 0 Å². The van der Waals surface area contributed by atoms with Gasteiger partial charge in [-0.1, -0.05) is 84.4 Å². The molecule has 128 valence electrons. The third-order valence-electron chi connectivity index (χ3n) is 4.24. The van der Waals surface area contributed by atoms with Crippen molar-refractivity contribution >= 4 is 11.6 Å². The first-order valence-electron chi connectivity index (χ1n) is 8.39. The van der Waals surface area contributed by atoms with Crippen LogP contribution in [0.15, 0.2) is 78.9 Å². The Morgan fingerprint density at radius 2 is 1.56 bits per heavy atom. The van der Waals surface area contributed by atoms with Crippen molar-refractivity contribution < 1.29 is 5.11 Å². The summed E-state index contributed by atoms with van der Waals surface area (Å²) in [5, 5.41) is 11.1. The number of hydrogen-bond acceptors (Lipinski definition) is 2. The minimum absolute atomic E-state index is 0.495. The summed E-state index contributed by atoms with van der Waals surface area (Å²) in [7, 11) is 2.01. The molecule has 3 aromatic rings. The Bertz CT molecular complexity index is 805. The van der Waals surface area contributed by atoms with E-state index < -0.39 is 6.10 Å². The lowest BCUT2D eigenvalue weighted by Gasteiger charge is -2.21. The molecule has 3 aromatic carbocycles. The maximum Gasteiger partial charge on any atom is 0.0916 e. The number of aliphatic hydroxyl groups is 1. The van der Waals surface area contributed by atoms with Crippen LogP contribution >= 0.6 is 11.6 Å². The highest BCUT2D eigenvalue weighted by molar-refractivity contribution is 6.33. The van der Waals surface area contributed by atoms with E-state index in [1.807, 2.05) is 61.6 Å². The normalized spacial score (nSPS) is 12.3. The lowest BCUT2D eigenvalue weighted by molar-refractivity contribution is 0.124. The molecule has 25 heavy (non-hydrogen) atoms. The highest BCUT2D eigenvalue weighted by Gasteiger charge is 2.11. The molecule has 0 aliphatic rings. The molecule has 0 spiro atoms. The van der Waals surface area contributed by atoms with Crippen LogP contribution in [-0.4, -0.2) is 23.6 Å². The van der Waals surface area contributed by atoms with Crippen molar-refractivity contribution in [2.24, 2.45) is 0 Å². The molecule has 1 unspecified atom stereocenters. The average Bonchev–Trinajstić information content (AvgIpc) is 2.63. The van der Waals surface area contributed by atoms with Crippen molar-refractivity contribution in [1.82, 2.24) is 4.90 Å². The second kappa shape index (κ2) is 8.30. The number of rotatable bonds is 6. The molecule has 3 rings (SSSR count). The fourth-order valence-corrected chi connectivity index (χ4v) is 3.27. The first kappa shape index (κ1) is 17.7. The van der Waals surface area contributed by atoms with E-state index in [4.69, 9.17) is 11.6 Å². The predicted molar refractivity (Wildman–Crippen MR) is 105 cm³/mol. The molecular weight excluding hydrogens is 330 g/mol. The molecule has 0 saturated heterocycles. The van der Waals surface area contributed by atoms with Gasteiger partial charge in [0, 0.05) is 23.7 Å². The van der Waals surface area contributed by atoms with Crippen molar-refractivity contribution in [1.29, 1.82) is 0 Å². The van der Waals surface area contributed by atoms with Gasteiger partial charge in [0.05, 0.1) is 6.10 Å². The van der Waals surface area contributed by atoms with Gasteiger partial charge in [0.15, 0.2) is 0 Å². The molecule has 1 atom stereocenters. The molecule has 0 aliphatic carbocycles. The fourth-order valence-electron chi connectivity index (χ4n) is 2.96. The van der Waals surface area contributed by atoms with Crippen LogP contribution in [-0.2, 0) is 6.54 Å². The SMILES string of the molecule is CN(Cc1ccc(-c2ccccc2)c(Cl)c1)CC(O)c1ccccc1. The van der Waals surface area contributed by atoms with E-state index in [9.17, 15) is 5.11 Å². The Morgan fingerprint density at radius 1 is 0.920 bits per heavy atom. The van der Waals surface area contributed by atoms with Crippen LogP contribution in [0.3, 0.4) is 0 Å². The van der Waals surface area contributed by atoms with Crippen molar-refractivity contribution in [2.75, 3.05) is 13.6 Å². The predicted octanol–water partition coefficient (Wildman–Crippen LogP) is 5.17. The van der Waals surface area contributed by atoms with Crippen LogP contribution in [0.4, 0.5) is 0 Å². The Morgan fingerprint density at radius 3 is 2.20 bits per heavy atom. The van der Waals surface area contributed by atoms with E-state index in [2.05, 4.69) is 29.2 Å². The van der Waals surface area contributed by atoms with Crippen LogP contribution in [0.25, 0.3) is 11.1 Å². The third kappa shape index (κ3) is 4.70. The Kier molecular flexibility index (Phi) is 5.87. The van der Waals surface area contributed by atoms with E-state index >= 15 is 0 Å². The highest BCUT2D eigenvalue weighted by Crippen LogP contribution is 2.29. The summed E-state index contributed by atoms with van der Waals surface area (Å²) in [5.74, 6) is 0. The van der Waals surface area contributed by atoms with Gasteiger partial charge >= 0.3 is 0 Å². The van der Waals surface area contributed by atoms with E-state index in [0.29, 0.717) is 6.54 Å². The highest BCUT2D eigenvalue weighted by atomic mass is 35.5. The van der Waals surface area contributed by atoms with Gasteiger partial charge in [-0.2, -0.15) is 0 Å². The van der Waals surface area contributed by atoms with Crippen molar-refractivity contribution in [3.8, 4) is 11.1 Å². The second-order valence-electron chi connectivity index (χ2n) is 6.30. The Balaban J connectivity index is 1.66. The third-order valence-corrected chi connectivity index (χ3v) is 4.55. The number of aliphatic hydroxyl groups excluding tert-OH is 1. The minimum atomic E-state index is -0.495. The maximum atomic E-state index is 10.3. The average molecular weight is 352 g/mol. The molecule has 0 radical (unpaired) electrons. The monoisotopic (exact) mass is 351 g/mol. The van der Waals surface area contributed by atoms with E-state index in [1.54, 1.807) is 0 Å². The van der Waals surface area contributed by atoms with Gasteiger partial charge in [-0.15, -0.1) is 0 Å². The van der Waals surface area contributed by atoms with Crippen LogP contribution in [0, 0.1) is 0 Å². The summed E-state index contributed by atoms with van der Waals surface area (Å²) in [6.45, 7) is 1.31. The van der Waals surface area contributed by atoms with Crippen LogP contribution in [0.5, 0.6) is 0 Å². The summed E-state index contributed by atoms with van der Waals surface area (Å²) in [6.07, 6.45) is -0.495. The summed E-state index contributed by atoms with van der Waals surface area (Å²) < 4.78 is 0. The van der Waals surface area contributed by atoms with Crippen LogP contribution in [0.2, 0.25) is 5.02 Å². The Labute approximate surface area is 154 Å². The quantitative estimate of drug-likeness (QED) is 0.662. The molecule has 2 nitrogen and oxygen atoms in total. The largest absolute Gasteiger partial charge is 0.387 e. The zero-order valence-corrected chi connectivity index (χ0v) is 15.0. The summed E-state index contributed by atoms with van der Waals surface area (Å²) in [5.41, 5.74) is 4.23. The first-order chi connectivity index (χ1) is 12.1. The first-order valence-corrected chi connectivity index (χ1v) is 8.76. The second-order valence-corrected chi connectivity index (χ2v) is 6.71. The van der Waals surface area contributed by atoms with Gasteiger partial charge in [0.1, 0.15) is 0 Å². The van der Waals surface area contributed by atoms with Gasteiger partial charge in [0.25, 0.3) is 0 Å². The fraction of sp³-hybridized carbons (Fsp3) is 0.182. The van der Waals surface area contributed by atoms with Crippen molar-refractivity contribution in [3.05, 3.63) is 95.0 Å². The van der Waals surface area contributed by atoms with E-state index in [-0.39, 0.29) is 0 Å². The zero-order valence-electron chi connectivity index (χ0n) is 14.3. The molecule has 1 N–H and O–H groups in total. The summed E-state index contributed by atoms with van der Waals surface area (Å²) >= 11 is 6.48. The molecule has 0 heterocycles. The zero-order chi connectivity index (χ0) is 17.6. The van der Waals surface area contributed by atoms with Crippen molar-refractivity contribution in [3.63, 3.8) is 0 Å². The molecule has 0 fully saturated rings. The number of halogens is 1. The van der Waals surface area contributed by atoms with Crippen molar-refractivity contribution in [2.45, 2.75) is 12.6 Å². The molecule has 0 saturated carbocycles. The van der Waals surface area contributed by atoms with E-state index in [0.717, 1.165) is 33.8 Å². The number of benzene rings is 3. The number of hydrogen-bond donors (Lipinski definition) is 1. The Hall–Kier alpha value is -2.13. The summed E-state index contributed by atoms with van der Waals surface area (Å²) in [4.78, 5) is 2.10. The minimum Gasteiger partial charge on any atom is -0.387 e. The number of likely N-dealkylation sites (N-methyl/N-ethyl adjacent to an activating group) is 1. The standard InChI is InChI=1S/C22H22ClNO/c1-24(16-22(25)19-10-6-3-7-11-19)15-17-12-13-20(21(23)14-17)18-8-4-2-5-9-18/h2-14,22,25H,15-16H2,1H3. The lowest BCUT2D eigenvalue weighted by Crippen LogP contribution is -2.24. The molecule has 3 heteroatoms. The smallest absolute Gasteiger partial charge is 0.0916 e. The van der Waals surface area contributed by atoms with Crippen LogP contribution < -0.4 is 0 Å². The maximum absolute atomic E-state index is 10.3. The lowest BCUT2D eigenvalue weighted by atomic mass is 10.0. The molecular formula is C22H22ClNO. The van der Waals surface area contributed by atoms with Gasteiger partial charge in [0.2, 0.25) is 0 Å². The van der Waals surface area contributed by atoms with Gasteiger partial charge < -0.3 is 5.11 Å². The number of nitrogens with zero attached hydrogens (tertiary/aromatic N) is 1. The topological polar surface area (TPSA) is 23.5 Å². The molecule has 0 aliphatic heterocycles. The van der Waals surface area contributed by atoms with Gasteiger partial charge in [-0.05, 0) is 29.8 Å². The molecule has 0 aromatic heterocycles.